The summed E-state index contributed by atoms with van der Waals surface area (Å²) in [4.78, 5) is 13.5. The van der Waals surface area contributed by atoms with Crippen LogP contribution in [0.25, 0.3) is 0 Å². The van der Waals surface area contributed by atoms with Crippen LogP contribution in [0.3, 0.4) is 0 Å². The third kappa shape index (κ3) is 4.29. The van der Waals surface area contributed by atoms with Crippen molar-refractivity contribution in [2.45, 2.75) is 18.9 Å². The number of piperidine rings is 1. The Balaban J connectivity index is 1.97. The smallest absolute Gasteiger partial charge is 0.306 e. The zero-order valence-electron chi connectivity index (χ0n) is 13.8. The molecule has 7 heteroatoms. The molecule has 26 heavy (non-hydrogen) atoms. The Bertz CT molecular complexity index is 768. The molecule has 138 valence electrons. The third-order valence-electron chi connectivity index (χ3n) is 4.76. The maximum absolute atomic E-state index is 11.3. The normalized spacial score (nSPS) is 16.2. The number of carbonyl (C=O) groups is 1. The lowest BCUT2D eigenvalue weighted by Crippen LogP contribution is -2.39. The predicted molar refractivity (Wildman–Crippen MR) is 107 cm³/mol. The highest BCUT2D eigenvalue weighted by Crippen LogP contribution is 2.37. The number of carboxylic acid groups (broad SMARTS) is 1. The minimum Gasteiger partial charge on any atom is -0.481 e. The van der Waals surface area contributed by atoms with Gasteiger partial charge in [-0.3, -0.25) is 9.69 Å². The molecule has 3 rings (SSSR count). The molecular weight excluding hydrogens is 416 g/mol. The molecule has 0 aromatic heterocycles. The van der Waals surface area contributed by atoms with Crippen LogP contribution in [-0.4, -0.2) is 29.1 Å². The van der Waals surface area contributed by atoms with Gasteiger partial charge < -0.3 is 5.11 Å². The van der Waals surface area contributed by atoms with E-state index in [2.05, 4.69) is 4.90 Å². The highest BCUT2D eigenvalue weighted by molar-refractivity contribution is 6.42. The number of carboxylic acids is 1. The second-order valence-electron chi connectivity index (χ2n) is 6.40. The van der Waals surface area contributed by atoms with Crippen LogP contribution >= 0.6 is 46.4 Å². The van der Waals surface area contributed by atoms with Crippen LogP contribution in [0.15, 0.2) is 36.4 Å². The number of likely N-dealkylation sites (tertiary alicyclic amines) is 1. The molecule has 1 saturated heterocycles. The van der Waals surface area contributed by atoms with Gasteiger partial charge in [0, 0.05) is 0 Å². The van der Waals surface area contributed by atoms with Gasteiger partial charge in [-0.2, -0.15) is 0 Å². The average Bonchev–Trinajstić information content (AvgIpc) is 2.62. The molecule has 2 aromatic rings. The largest absolute Gasteiger partial charge is 0.481 e. The molecule has 1 fully saturated rings. The van der Waals surface area contributed by atoms with E-state index in [-0.39, 0.29) is 12.0 Å². The van der Waals surface area contributed by atoms with Crippen molar-refractivity contribution in [2.24, 2.45) is 5.92 Å². The Kier molecular flexibility index (Phi) is 6.37. The fourth-order valence-corrected chi connectivity index (χ4v) is 4.00. The van der Waals surface area contributed by atoms with E-state index in [4.69, 9.17) is 46.4 Å². The molecule has 0 atom stereocenters. The summed E-state index contributed by atoms with van der Waals surface area (Å²) < 4.78 is 0. The molecular formula is C19H17Cl4NO2. The van der Waals surface area contributed by atoms with Crippen molar-refractivity contribution in [2.75, 3.05) is 13.1 Å². The van der Waals surface area contributed by atoms with E-state index in [9.17, 15) is 9.90 Å². The van der Waals surface area contributed by atoms with Crippen molar-refractivity contribution in [1.29, 1.82) is 0 Å². The molecule has 2 aromatic carbocycles. The Morgan fingerprint density at radius 1 is 0.885 bits per heavy atom. The molecule has 0 unspecified atom stereocenters. The number of hydrogen-bond donors (Lipinski definition) is 1. The second-order valence-corrected chi connectivity index (χ2v) is 8.03. The summed E-state index contributed by atoms with van der Waals surface area (Å²) in [6.45, 7) is 1.34. The molecule has 1 aliphatic rings. The van der Waals surface area contributed by atoms with Gasteiger partial charge >= 0.3 is 5.97 Å². The van der Waals surface area contributed by atoms with E-state index in [1.54, 1.807) is 12.1 Å². The Hall–Kier alpha value is -0.970. The number of aliphatic carboxylic acids is 1. The van der Waals surface area contributed by atoms with Gasteiger partial charge in [0.25, 0.3) is 0 Å². The van der Waals surface area contributed by atoms with Gasteiger partial charge in [-0.15, -0.1) is 0 Å². The summed E-state index contributed by atoms with van der Waals surface area (Å²) in [7, 11) is 0. The number of nitrogens with zero attached hydrogens (tertiary/aromatic N) is 1. The van der Waals surface area contributed by atoms with E-state index < -0.39 is 5.97 Å². The lowest BCUT2D eigenvalue weighted by Gasteiger charge is -2.37. The van der Waals surface area contributed by atoms with Gasteiger partial charge in [0.05, 0.1) is 32.1 Å². The first-order valence-electron chi connectivity index (χ1n) is 8.23. The first kappa shape index (κ1) is 19.8. The summed E-state index contributed by atoms with van der Waals surface area (Å²) in [6, 6.07) is 11.0. The zero-order valence-corrected chi connectivity index (χ0v) is 16.8. The Labute approximate surface area is 172 Å². The van der Waals surface area contributed by atoms with Gasteiger partial charge in [0.1, 0.15) is 0 Å². The molecule has 0 spiro atoms. The summed E-state index contributed by atoms with van der Waals surface area (Å²) in [5.41, 5.74) is 1.96. The van der Waals surface area contributed by atoms with Crippen molar-refractivity contribution >= 4 is 52.4 Å². The van der Waals surface area contributed by atoms with Crippen molar-refractivity contribution in [3.63, 3.8) is 0 Å². The summed E-state index contributed by atoms with van der Waals surface area (Å²) in [5, 5.41) is 11.2. The van der Waals surface area contributed by atoms with Crippen molar-refractivity contribution < 1.29 is 9.90 Å². The lowest BCUT2D eigenvalue weighted by molar-refractivity contribution is -0.143. The zero-order chi connectivity index (χ0) is 18.8. The van der Waals surface area contributed by atoms with Crippen LogP contribution in [0.2, 0.25) is 20.1 Å². The summed E-state index contributed by atoms with van der Waals surface area (Å²) in [5.74, 6) is -1.03. The quantitative estimate of drug-likeness (QED) is 0.626. The molecule has 0 bridgehead atoms. The second kappa shape index (κ2) is 8.37. The maximum Gasteiger partial charge on any atom is 0.306 e. The minimum absolute atomic E-state index is 0.103. The predicted octanol–water partition coefficient (Wildman–Crippen LogP) is 6.19. The van der Waals surface area contributed by atoms with E-state index in [0.717, 1.165) is 11.1 Å². The van der Waals surface area contributed by atoms with Crippen LogP contribution < -0.4 is 0 Å². The van der Waals surface area contributed by atoms with Gasteiger partial charge in [0.15, 0.2) is 0 Å². The maximum atomic E-state index is 11.3. The number of hydrogen-bond acceptors (Lipinski definition) is 2. The number of benzene rings is 2. The van der Waals surface area contributed by atoms with Crippen molar-refractivity contribution in [3.05, 3.63) is 67.6 Å². The van der Waals surface area contributed by atoms with Crippen molar-refractivity contribution in [1.82, 2.24) is 4.90 Å². The van der Waals surface area contributed by atoms with Gasteiger partial charge in [-0.1, -0.05) is 58.5 Å². The first-order valence-corrected chi connectivity index (χ1v) is 9.74. The number of rotatable bonds is 4. The lowest BCUT2D eigenvalue weighted by atomic mass is 9.91. The highest BCUT2D eigenvalue weighted by atomic mass is 35.5. The Morgan fingerprint density at radius 2 is 1.35 bits per heavy atom. The summed E-state index contributed by atoms with van der Waals surface area (Å²) in [6.07, 6.45) is 1.21. The molecule has 1 heterocycles. The van der Waals surface area contributed by atoms with E-state index in [0.29, 0.717) is 46.0 Å². The molecule has 1 aliphatic heterocycles. The number of halogens is 4. The fourth-order valence-electron chi connectivity index (χ4n) is 3.38. The molecule has 1 N–H and O–H groups in total. The Morgan fingerprint density at radius 3 is 1.73 bits per heavy atom. The fraction of sp³-hybridized carbons (Fsp3) is 0.316. The molecule has 0 aliphatic carbocycles. The van der Waals surface area contributed by atoms with Gasteiger partial charge in [-0.05, 0) is 61.3 Å². The standard InChI is InChI=1S/C19H17Cl4NO2/c20-14-3-1-12(9-16(14)22)18(13-2-4-15(21)17(23)10-13)24-7-5-11(6-8-24)19(25)26/h1-4,9-11,18H,5-8H2,(H,25,26). The SMILES string of the molecule is O=C(O)C1CCN(C(c2ccc(Cl)c(Cl)c2)c2ccc(Cl)c(Cl)c2)CC1. The van der Waals surface area contributed by atoms with Crippen LogP contribution in [-0.2, 0) is 4.79 Å². The molecule has 3 nitrogen and oxygen atoms in total. The van der Waals surface area contributed by atoms with E-state index in [1.807, 2.05) is 24.3 Å². The summed E-state index contributed by atoms with van der Waals surface area (Å²) >= 11 is 24.6. The van der Waals surface area contributed by atoms with Gasteiger partial charge in [-0.25, -0.2) is 0 Å². The minimum atomic E-state index is -0.731. The monoisotopic (exact) mass is 431 g/mol. The van der Waals surface area contributed by atoms with Crippen LogP contribution in [0.5, 0.6) is 0 Å². The average molecular weight is 433 g/mol. The highest BCUT2D eigenvalue weighted by Gasteiger charge is 2.30. The van der Waals surface area contributed by atoms with E-state index in [1.165, 1.54) is 0 Å². The topological polar surface area (TPSA) is 40.5 Å². The molecule has 0 amide bonds. The van der Waals surface area contributed by atoms with Crippen LogP contribution in [0.4, 0.5) is 0 Å². The molecule has 0 saturated carbocycles. The van der Waals surface area contributed by atoms with Crippen molar-refractivity contribution in [3.8, 4) is 0 Å². The molecule has 0 radical (unpaired) electrons. The van der Waals surface area contributed by atoms with Crippen LogP contribution in [0.1, 0.15) is 30.0 Å². The van der Waals surface area contributed by atoms with Crippen LogP contribution in [0, 0.1) is 5.92 Å². The third-order valence-corrected chi connectivity index (χ3v) is 6.24. The first-order chi connectivity index (χ1) is 12.4. The van der Waals surface area contributed by atoms with Gasteiger partial charge in [0.2, 0.25) is 0 Å². The van der Waals surface area contributed by atoms with E-state index >= 15 is 0 Å².